The molecule has 2 rings (SSSR count). The van der Waals surface area contributed by atoms with E-state index >= 15 is 0 Å². The third-order valence-electron chi connectivity index (χ3n) is 3.43. The van der Waals surface area contributed by atoms with Crippen LogP contribution in [0.5, 0.6) is 0 Å². The average molecular weight is 213 g/mol. The van der Waals surface area contributed by atoms with Gasteiger partial charge in [-0.15, -0.1) is 0 Å². The van der Waals surface area contributed by atoms with E-state index in [4.69, 9.17) is 5.11 Å². The van der Waals surface area contributed by atoms with Crippen LogP contribution in [-0.2, 0) is 4.79 Å². The van der Waals surface area contributed by atoms with Gasteiger partial charge in [-0.25, -0.2) is 0 Å². The lowest BCUT2D eigenvalue weighted by atomic mass is 9.91. The van der Waals surface area contributed by atoms with Crippen molar-refractivity contribution in [3.8, 4) is 0 Å². The normalized spacial score (nSPS) is 38.1. The van der Waals surface area contributed by atoms with Crippen molar-refractivity contribution in [2.24, 2.45) is 5.92 Å². The molecule has 2 aliphatic heterocycles. The number of hydrogen-bond donors (Lipinski definition) is 3. The van der Waals surface area contributed by atoms with Crippen LogP contribution in [0.15, 0.2) is 0 Å². The van der Waals surface area contributed by atoms with E-state index in [9.17, 15) is 4.79 Å². The molecule has 0 spiro atoms. The topological polar surface area (TPSA) is 64.6 Å². The number of nitrogens with zero attached hydrogens (tertiary/aromatic N) is 1. The summed E-state index contributed by atoms with van der Waals surface area (Å²) in [7, 11) is 2.09. The molecule has 2 fully saturated rings. The molecule has 2 heterocycles. The van der Waals surface area contributed by atoms with E-state index < -0.39 is 12.0 Å². The smallest absolute Gasteiger partial charge is 0.322 e. The van der Waals surface area contributed by atoms with Crippen LogP contribution >= 0.6 is 0 Å². The maximum absolute atomic E-state index is 11.1. The third-order valence-corrected chi connectivity index (χ3v) is 3.43. The molecular formula is C10H19N3O2. The maximum atomic E-state index is 11.1. The fourth-order valence-corrected chi connectivity index (χ4v) is 2.65. The Labute approximate surface area is 89.8 Å². The highest BCUT2D eigenvalue weighted by Gasteiger charge is 2.38. The number of nitrogens with one attached hydrogen (secondary N) is 2. The van der Waals surface area contributed by atoms with E-state index in [0.29, 0.717) is 5.92 Å². The highest BCUT2D eigenvalue weighted by atomic mass is 16.4. The van der Waals surface area contributed by atoms with Crippen molar-refractivity contribution in [1.82, 2.24) is 15.5 Å². The number of aliphatic carboxylic acids is 1. The van der Waals surface area contributed by atoms with Crippen molar-refractivity contribution in [1.29, 1.82) is 0 Å². The van der Waals surface area contributed by atoms with Crippen molar-refractivity contribution in [3.05, 3.63) is 0 Å². The molecule has 3 N–H and O–H groups in total. The minimum atomic E-state index is -0.734. The first-order chi connectivity index (χ1) is 7.18. The van der Waals surface area contributed by atoms with E-state index in [1.165, 1.54) is 0 Å². The number of likely N-dealkylation sites (tertiary alicyclic amines) is 1. The molecule has 0 amide bonds. The van der Waals surface area contributed by atoms with Gasteiger partial charge in [-0.05, 0) is 25.9 Å². The van der Waals surface area contributed by atoms with Gasteiger partial charge in [-0.1, -0.05) is 0 Å². The number of rotatable bonds is 2. The Morgan fingerprint density at radius 1 is 1.40 bits per heavy atom. The number of carboxylic acid groups (broad SMARTS) is 1. The Morgan fingerprint density at radius 2 is 2.13 bits per heavy atom. The SMILES string of the molecule is CN1CCC(C2NCCNC2C(=O)O)C1. The fraction of sp³-hybridized carbons (Fsp3) is 0.900. The van der Waals surface area contributed by atoms with Crippen molar-refractivity contribution >= 4 is 5.97 Å². The number of piperazine rings is 1. The Morgan fingerprint density at radius 3 is 2.73 bits per heavy atom. The largest absolute Gasteiger partial charge is 0.480 e. The average Bonchev–Trinajstić information content (AvgIpc) is 2.65. The van der Waals surface area contributed by atoms with Crippen LogP contribution in [0, 0.1) is 5.92 Å². The lowest BCUT2D eigenvalue weighted by Gasteiger charge is -2.34. The second kappa shape index (κ2) is 4.47. The molecule has 0 aliphatic carbocycles. The Bertz CT molecular complexity index is 247. The summed E-state index contributed by atoms with van der Waals surface area (Å²) in [4.78, 5) is 13.4. The molecule has 5 nitrogen and oxygen atoms in total. The molecule has 5 heteroatoms. The molecule has 86 valence electrons. The monoisotopic (exact) mass is 213 g/mol. The highest BCUT2D eigenvalue weighted by molar-refractivity contribution is 5.74. The van der Waals surface area contributed by atoms with Gasteiger partial charge >= 0.3 is 5.97 Å². The van der Waals surface area contributed by atoms with Crippen LogP contribution in [0.1, 0.15) is 6.42 Å². The molecule has 0 radical (unpaired) electrons. The Balaban J connectivity index is 2.01. The van der Waals surface area contributed by atoms with E-state index in [0.717, 1.165) is 32.6 Å². The van der Waals surface area contributed by atoms with Crippen molar-refractivity contribution in [3.63, 3.8) is 0 Å². The summed E-state index contributed by atoms with van der Waals surface area (Å²) < 4.78 is 0. The molecule has 3 unspecified atom stereocenters. The zero-order valence-corrected chi connectivity index (χ0v) is 9.07. The predicted molar refractivity (Wildman–Crippen MR) is 56.8 cm³/mol. The Kier molecular flexibility index (Phi) is 3.23. The number of carboxylic acids is 1. The summed E-state index contributed by atoms with van der Waals surface area (Å²) in [6.45, 7) is 3.70. The molecule has 0 bridgehead atoms. The highest BCUT2D eigenvalue weighted by Crippen LogP contribution is 2.21. The second-order valence-electron chi connectivity index (χ2n) is 4.56. The number of hydrogen-bond acceptors (Lipinski definition) is 4. The van der Waals surface area contributed by atoms with Gasteiger partial charge in [0.15, 0.2) is 0 Å². The molecule has 3 atom stereocenters. The molecular weight excluding hydrogens is 194 g/mol. The summed E-state index contributed by atoms with van der Waals surface area (Å²) in [5, 5.41) is 15.5. The minimum Gasteiger partial charge on any atom is -0.480 e. The van der Waals surface area contributed by atoms with Gasteiger partial charge in [0.1, 0.15) is 6.04 Å². The van der Waals surface area contributed by atoms with Crippen LogP contribution in [0.4, 0.5) is 0 Å². The van der Waals surface area contributed by atoms with Gasteiger partial charge in [-0.2, -0.15) is 0 Å². The Hall–Kier alpha value is -0.650. The predicted octanol–water partition coefficient (Wildman–Crippen LogP) is -1.05. The van der Waals surface area contributed by atoms with Gasteiger partial charge in [0, 0.05) is 25.7 Å². The lowest BCUT2D eigenvalue weighted by molar-refractivity contribution is -0.141. The fourth-order valence-electron chi connectivity index (χ4n) is 2.65. The summed E-state index contributed by atoms with van der Waals surface area (Å²) in [5.41, 5.74) is 0. The summed E-state index contributed by atoms with van der Waals surface area (Å²) >= 11 is 0. The molecule has 0 aromatic rings. The molecule has 2 aliphatic rings. The van der Waals surface area contributed by atoms with Gasteiger partial charge in [-0.3, -0.25) is 4.79 Å². The molecule has 0 saturated carbocycles. The van der Waals surface area contributed by atoms with Crippen LogP contribution < -0.4 is 10.6 Å². The third kappa shape index (κ3) is 2.30. The minimum absolute atomic E-state index is 0.0844. The van der Waals surface area contributed by atoms with Crippen LogP contribution in [0.3, 0.4) is 0 Å². The van der Waals surface area contributed by atoms with Crippen molar-refractivity contribution in [2.45, 2.75) is 18.5 Å². The first-order valence-electron chi connectivity index (χ1n) is 5.56. The van der Waals surface area contributed by atoms with Gasteiger partial charge in [0.05, 0.1) is 0 Å². The second-order valence-corrected chi connectivity index (χ2v) is 4.56. The molecule has 0 aromatic heterocycles. The van der Waals surface area contributed by atoms with E-state index in [-0.39, 0.29) is 6.04 Å². The van der Waals surface area contributed by atoms with Gasteiger partial charge in [0.2, 0.25) is 0 Å². The summed E-state index contributed by atoms with van der Waals surface area (Å²) in [5.74, 6) is -0.273. The molecule has 15 heavy (non-hydrogen) atoms. The van der Waals surface area contributed by atoms with Crippen LogP contribution in [0.2, 0.25) is 0 Å². The van der Waals surface area contributed by atoms with E-state index in [1.54, 1.807) is 0 Å². The first kappa shape index (κ1) is 10.9. The molecule has 0 aromatic carbocycles. The number of carbonyl (C=O) groups is 1. The maximum Gasteiger partial charge on any atom is 0.322 e. The zero-order chi connectivity index (χ0) is 10.8. The van der Waals surface area contributed by atoms with Crippen LogP contribution in [-0.4, -0.2) is 61.3 Å². The van der Waals surface area contributed by atoms with Crippen LogP contribution in [0.25, 0.3) is 0 Å². The quantitative estimate of drug-likeness (QED) is 0.546. The van der Waals surface area contributed by atoms with Crippen molar-refractivity contribution in [2.75, 3.05) is 33.2 Å². The lowest BCUT2D eigenvalue weighted by Crippen LogP contribution is -2.62. The summed E-state index contributed by atoms with van der Waals surface area (Å²) in [6, 6.07) is -0.337. The van der Waals surface area contributed by atoms with E-state index in [1.807, 2.05) is 0 Å². The molecule has 2 saturated heterocycles. The van der Waals surface area contributed by atoms with Gasteiger partial charge < -0.3 is 20.6 Å². The van der Waals surface area contributed by atoms with Gasteiger partial charge in [0.25, 0.3) is 0 Å². The zero-order valence-electron chi connectivity index (χ0n) is 9.07. The summed E-state index contributed by atoms with van der Waals surface area (Å²) in [6.07, 6.45) is 1.10. The van der Waals surface area contributed by atoms with E-state index in [2.05, 4.69) is 22.6 Å². The first-order valence-corrected chi connectivity index (χ1v) is 5.56. The standard InChI is InChI=1S/C10H19N3O2/c1-13-5-2-7(6-13)8-9(10(14)15)12-4-3-11-8/h7-9,11-12H,2-6H2,1H3,(H,14,15). The van der Waals surface area contributed by atoms with Crippen molar-refractivity contribution < 1.29 is 9.90 Å².